The minimum atomic E-state index is -1.21. The molecule has 0 saturated carbocycles. The molecule has 2 aromatic carbocycles. The lowest BCUT2D eigenvalue weighted by Crippen LogP contribution is -2.39. The first kappa shape index (κ1) is 22.8. The predicted octanol–water partition coefficient (Wildman–Crippen LogP) is 0.992. The maximum absolute atomic E-state index is 12.2. The predicted molar refractivity (Wildman–Crippen MR) is 113 cm³/mol. The lowest BCUT2D eigenvalue weighted by molar-refractivity contribution is -0.138. The summed E-state index contributed by atoms with van der Waals surface area (Å²) in [6.07, 6.45) is 1.26. The van der Waals surface area contributed by atoms with Crippen molar-refractivity contribution in [1.29, 1.82) is 0 Å². The SMILES string of the molecule is NNC=Nc1cccc(C(=O)NCC(=O)NCC(C(=O)O)c2cc(Br)ccc2O)c1. The number of benzene rings is 2. The van der Waals surface area contributed by atoms with Crippen molar-refractivity contribution >= 4 is 45.7 Å². The highest BCUT2D eigenvalue weighted by Gasteiger charge is 2.24. The van der Waals surface area contributed by atoms with Gasteiger partial charge in [0.1, 0.15) is 18.0 Å². The van der Waals surface area contributed by atoms with Gasteiger partial charge in [-0.3, -0.25) is 14.4 Å². The van der Waals surface area contributed by atoms with Gasteiger partial charge in [-0.1, -0.05) is 22.0 Å². The zero-order chi connectivity index (χ0) is 22.1. The van der Waals surface area contributed by atoms with Crippen LogP contribution in [0, 0.1) is 0 Å². The second-order valence-electron chi connectivity index (χ2n) is 6.06. The number of hydrogen-bond acceptors (Lipinski definition) is 6. The van der Waals surface area contributed by atoms with Gasteiger partial charge >= 0.3 is 5.97 Å². The van der Waals surface area contributed by atoms with Crippen LogP contribution in [0.1, 0.15) is 21.8 Å². The van der Waals surface area contributed by atoms with Crippen molar-refractivity contribution in [2.24, 2.45) is 10.8 Å². The van der Waals surface area contributed by atoms with Crippen LogP contribution in [0.3, 0.4) is 0 Å². The lowest BCUT2D eigenvalue weighted by atomic mass is 9.98. The molecule has 30 heavy (non-hydrogen) atoms. The lowest BCUT2D eigenvalue weighted by Gasteiger charge is -2.16. The summed E-state index contributed by atoms with van der Waals surface area (Å²) in [5, 5.41) is 24.3. The normalized spacial score (nSPS) is 11.7. The van der Waals surface area contributed by atoms with Crippen LogP contribution in [-0.4, -0.2) is 47.4 Å². The molecule has 2 rings (SSSR count). The Bertz CT molecular complexity index is 966. The van der Waals surface area contributed by atoms with Crippen LogP contribution in [0.15, 0.2) is 51.9 Å². The van der Waals surface area contributed by atoms with E-state index < -0.39 is 23.7 Å². The first-order valence-electron chi connectivity index (χ1n) is 8.66. The molecule has 0 saturated heterocycles. The van der Waals surface area contributed by atoms with E-state index in [0.717, 1.165) is 0 Å². The number of rotatable bonds is 9. The fourth-order valence-electron chi connectivity index (χ4n) is 2.52. The molecule has 2 aromatic rings. The van der Waals surface area contributed by atoms with E-state index in [1.54, 1.807) is 24.3 Å². The Hall–Kier alpha value is -3.44. The van der Waals surface area contributed by atoms with Crippen LogP contribution in [0.25, 0.3) is 0 Å². The number of halogens is 1. The van der Waals surface area contributed by atoms with Crippen LogP contribution in [0.4, 0.5) is 5.69 Å². The van der Waals surface area contributed by atoms with E-state index in [9.17, 15) is 24.6 Å². The van der Waals surface area contributed by atoms with Gasteiger partial charge in [0.15, 0.2) is 0 Å². The van der Waals surface area contributed by atoms with Crippen LogP contribution in [0.2, 0.25) is 0 Å². The molecule has 11 heteroatoms. The van der Waals surface area contributed by atoms with Crippen molar-refractivity contribution < 1.29 is 24.6 Å². The zero-order valence-corrected chi connectivity index (χ0v) is 17.2. The zero-order valence-electron chi connectivity index (χ0n) is 15.6. The number of phenols is 1. The van der Waals surface area contributed by atoms with Gasteiger partial charge in [0.2, 0.25) is 5.91 Å². The number of aliphatic imine (C=N–C) groups is 1. The molecule has 1 unspecified atom stereocenters. The van der Waals surface area contributed by atoms with E-state index >= 15 is 0 Å². The number of hydrazine groups is 1. The topological polar surface area (TPSA) is 166 Å². The molecular weight excluding hydrogens is 458 g/mol. The minimum absolute atomic E-state index is 0.158. The summed E-state index contributed by atoms with van der Waals surface area (Å²) >= 11 is 3.22. The Morgan fingerprint density at radius 2 is 1.93 bits per heavy atom. The van der Waals surface area contributed by atoms with Gasteiger partial charge in [-0.25, -0.2) is 10.8 Å². The molecule has 0 aliphatic carbocycles. The number of nitrogens with one attached hydrogen (secondary N) is 3. The van der Waals surface area contributed by atoms with Gasteiger partial charge in [0.05, 0.1) is 12.2 Å². The van der Waals surface area contributed by atoms with Gasteiger partial charge in [-0.05, 0) is 36.4 Å². The number of nitrogens with zero attached hydrogens (tertiary/aromatic N) is 1. The van der Waals surface area contributed by atoms with Crippen molar-refractivity contribution in [3.8, 4) is 5.75 Å². The first-order chi connectivity index (χ1) is 14.3. The second-order valence-corrected chi connectivity index (χ2v) is 6.97. The van der Waals surface area contributed by atoms with Crippen molar-refractivity contribution in [2.75, 3.05) is 13.1 Å². The summed E-state index contributed by atoms with van der Waals surface area (Å²) < 4.78 is 0.592. The maximum Gasteiger partial charge on any atom is 0.312 e. The van der Waals surface area contributed by atoms with Gasteiger partial charge < -0.3 is 26.3 Å². The number of nitrogens with two attached hydrogens (primary N) is 1. The fourth-order valence-corrected chi connectivity index (χ4v) is 2.89. The van der Waals surface area contributed by atoms with E-state index in [2.05, 4.69) is 37.0 Å². The fraction of sp³-hybridized carbons (Fsp3) is 0.158. The van der Waals surface area contributed by atoms with Crippen LogP contribution >= 0.6 is 15.9 Å². The summed E-state index contributed by atoms with van der Waals surface area (Å²) in [7, 11) is 0. The van der Waals surface area contributed by atoms with E-state index in [1.165, 1.54) is 24.5 Å². The number of aliphatic carboxylic acids is 1. The Kier molecular flexibility index (Phi) is 8.32. The third kappa shape index (κ3) is 6.57. The number of carboxylic acids is 1. The number of amides is 2. The monoisotopic (exact) mass is 477 g/mol. The molecule has 0 spiro atoms. The molecule has 10 nitrogen and oxygen atoms in total. The molecule has 0 radical (unpaired) electrons. The van der Waals surface area contributed by atoms with Gasteiger partial charge in [0, 0.05) is 22.1 Å². The molecule has 0 bridgehead atoms. The van der Waals surface area contributed by atoms with E-state index in [-0.39, 0.29) is 30.0 Å². The van der Waals surface area contributed by atoms with Crippen molar-refractivity contribution in [3.63, 3.8) is 0 Å². The van der Waals surface area contributed by atoms with Gasteiger partial charge in [-0.15, -0.1) is 0 Å². The highest BCUT2D eigenvalue weighted by atomic mass is 79.9. The summed E-state index contributed by atoms with van der Waals surface area (Å²) in [6, 6.07) is 10.8. The molecule has 0 aliphatic rings. The third-order valence-electron chi connectivity index (χ3n) is 3.97. The van der Waals surface area contributed by atoms with Gasteiger partial charge in [-0.2, -0.15) is 0 Å². The maximum atomic E-state index is 12.2. The number of carbonyl (C=O) groups is 3. The molecular formula is C19H20BrN5O5. The molecule has 158 valence electrons. The standard InChI is InChI=1S/C19H20BrN5O5/c20-12-4-5-16(26)14(7-12)15(19(29)30)8-22-17(27)9-23-18(28)11-2-1-3-13(6-11)24-10-25-21/h1-7,10,15,26H,8-9,21H2,(H,22,27)(H,23,28)(H,24,25)(H,29,30). The third-order valence-corrected chi connectivity index (χ3v) is 4.47. The van der Waals surface area contributed by atoms with Gasteiger partial charge in [0.25, 0.3) is 5.91 Å². The van der Waals surface area contributed by atoms with Crippen molar-refractivity contribution in [1.82, 2.24) is 16.1 Å². The van der Waals surface area contributed by atoms with Crippen LogP contribution in [-0.2, 0) is 9.59 Å². The minimum Gasteiger partial charge on any atom is -0.508 e. The summed E-state index contributed by atoms with van der Waals surface area (Å²) in [5.74, 6) is 1.46. The second kappa shape index (κ2) is 10.9. The molecule has 1 atom stereocenters. The number of carboxylic acid groups (broad SMARTS) is 1. The molecule has 0 aliphatic heterocycles. The van der Waals surface area contributed by atoms with Crippen molar-refractivity contribution in [3.05, 3.63) is 58.1 Å². The van der Waals surface area contributed by atoms with Crippen LogP contribution < -0.4 is 21.9 Å². The quantitative estimate of drug-likeness (QED) is 0.135. The molecule has 2 amide bonds. The first-order valence-corrected chi connectivity index (χ1v) is 9.46. The molecule has 0 aromatic heterocycles. The molecule has 0 heterocycles. The number of hydrogen-bond donors (Lipinski definition) is 6. The number of carbonyl (C=O) groups excluding carboxylic acids is 2. The molecule has 7 N–H and O–H groups in total. The number of aromatic hydroxyl groups is 1. The average molecular weight is 478 g/mol. The van der Waals surface area contributed by atoms with Crippen LogP contribution in [0.5, 0.6) is 5.75 Å². The molecule has 0 fully saturated rings. The highest BCUT2D eigenvalue weighted by Crippen LogP contribution is 2.29. The Balaban J connectivity index is 1.93. The van der Waals surface area contributed by atoms with Crippen molar-refractivity contribution in [2.45, 2.75) is 5.92 Å². The highest BCUT2D eigenvalue weighted by molar-refractivity contribution is 9.10. The smallest absolute Gasteiger partial charge is 0.312 e. The van der Waals surface area contributed by atoms with E-state index in [4.69, 9.17) is 5.84 Å². The Morgan fingerprint density at radius 3 is 2.63 bits per heavy atom. The Labute approximate surface area is 180 Å². The summed E-state index contributed by atoms with van der Waals surface area (Å²) in [5.41, 5.74) is 3.18. The summed E-state index contributed by atoms with van der Waals surface area (Å²) in [6.45, 7) is -0.613. The average Bonchev–Trinajstić information content (AvgIpc) is 2.73. The van der Waals surface area contributed by atoms with E-state index in [1.807, 2.05) is 0 Å². The number of phenolic OH excluding ortho intramolecular Hbond substituents is 1. The Morgan fingerprint density at radius 1 is 1.17 bits per heavy atom. The van der Waals surface area contributed by atoms with E-state index in [0.29, 0.717) is 10.2 Å². The summed E-state index contributed by atoms with van der Waals surface area (Å²) in [4.78, 5) is 39.8. The largest absolute Gasteiger partial charge is 0.508 e.